The number of fused-ring (bicyclic) bond motifs is 1. The van der Waals surface area contributed by atoms with Crippen LogP contribution in [-0.4, -0.2) is 44.3 Å². The Kier molecular flexibility index (Phi) is 5.29. The third kappa shape index (κ3) is 4.01. The number of nitrogens with zero attached hydrogens (tertiary/aromatic N) is 1. The number of amides is 2. The first-order valence-electron chi connectivity index (χ1n) is 8.51. The van der Waals surface area contributed by atoms with E-state index in [9.17, 15) is 18.0 Å². The molecule has 1 aliphatic rings. The standard InChI is InChI=1S/C19H20N2O5S/c1-13(2)26-14-7-9-15(10-8-14)27(24,25)20-11-12-21-18(22)16-5-3-4-6-17(16)19(21)23/h3-10,13,20H,11-12H2,1-2H3. The fourth-order valence-electron chi connectivity index (χ4n) is 2.79. The summed E-state index contributed by atoms with van der Waals surface area (Å²) in [5.74, 6) is -0.245. The molecule has 0 fully saturated rings. The van der Waals surface area contributed by atoms with Gasteiger partial charge in [-0.25, -0.2) is 13.1 Å². The number of nitrogens with one attached hydrogen (secondary N) is 1. The normalized spacial score (nSPS) is 14.0. The molecule has 0 saturated carbocycles. The molecule has 0 radical (unpaired) electrons. The van der Waals surface area contributed by atoms with Crippen LogP contribution in [0.3, 0.4) is 0 Å². The van der Waals surface area contributed by atoms with Crippen molar-refractivity contribution in [3.63, 3.8) is 0 Å². The lowest BCUT2D eigenvalue weighted by Crippen LogP contribution is -2.38. The summed E-state index contributed by atoms with van der Waals surface area (Å²) >= 11 is 0. The van der Waals surface area contributed by atoms with Crippen LogP contribution >= 0.6 is 0 Å². The number of rotatable bonds is 7. The molecule has 142 valence electrons. The Morgan fingerprint density at radius 3 is 2.04 bits per heavy atom. The van der Waals surface area contributed by atoms with Gasteiger partial charge in [0.2, 0.25) is 10.0 Å². The van der Waals surface area contributed by atoms with Crippen LogP contribution in [0, 0.1) is 0 Å². The van der Waals surface area contributed by atoms with E-state index in [0.717, 1.165) is 4.90 Å². The number of sulfonamides is 1. The summed E-state index contributed by atoms with van der Waals surface area (Å²) in [5, 5.41) is 0. The molecule has 2 aromatic carbocycles. The van der Waals surface area contributed by atoms with Gasteiger partial charge in [0.1, 0.15) is 5.75 Å². The minimum atomic E-state index is -3.75. The summed E-state index contributed by atoms with van der Waals surface area (Å²) < 4.78 is 32.7. The molecular formula is C19H20N2O5S. The largest absolute Gasteiger partial charge is 0.491 e. The summed E-state index contributed by atoms with van der Waals surface area (Å²) in [5.41, 5.74) is 0.678. The molecule has 0 aromatic heterocycles. The Morgan fingerprint density at radius 2 is 1.52 bits per heavy atom. The molecule has 2 aromatic rings. The zero-order valence-electron chi connectivity index (χ0n) is 15.0. The minimum Gasteiger partial charge on any atom is -0.491 e. The highest BCUT2D eigenvalue weighted by molar-refractivity contribution is 7.89. The van der Waals surface area contributed by atoms with Gasteiger partial charge in [-0.3, -0.25) is 14.5 Å². The second-order valence-electron chi connectivity index (χ2n) is 6.34. The Labute approximate surface area is 158 Å². The molecule has 8 heteroatoms. The van der Waals surface area contributed by atoms with E-state index < -0.39 is 21.8 Å². The average molecular weight is 388 g/mol. The molecule has 0 aliphatic carbocycles. The fourth-order valence-corrected chi connectivity index (χ4v) is 3.81. The summed E-state index contributed by atoms with van der Waals surface area (Å²) in [6.07, 6.45) is -0.00904. The van der Waals surface area contributed by atoms with Gasteiger partial charge in [0.15, 0.2) is 0 Å². The van der Waals surface area contributed by atoms with Crippen LogP contribution in [0.4, 0.5) is 0 Å². The number of carbonyl (C=O) groups excluding carboxylic acids is 2. The van der Waals surface area contributed by atoms with Gasteiger partial charge in [-0.2, -0.15) is 0 Å². The van der Waals surface area contributed by atoms with Gasteiger partial charge in [-0.1, -0.05) is 12.1 Å². The molecule has 0 spiro atoms. The van der Waals surface area contributed by atoms with Crippen molar-refractivity contribution < 1.29 is 22.7 Å². The van der Waals surface area contributed by atoms with Crippen LogP contribution in [0.25, 0.3) is 0 Å². The number of hydrogen-bond acceptors (Lipinski definition) is 5. The Balaban J connectivity index is 1.62. The van der Waals surface area contributed by atoms with Crippen LogP contribution in [0.1, 0.15) is 34.6 Å². The maximum absolute atomic E-state index is 12.4. The third-order valence-electron chi connectivity index (χ3n) is 4.01. The Bertz CT molecular complexity index is 933. The van der Waals surface area contributed by atoms with Crippen molar-refractivity contribution in [2.45, 2.75) is 24.8 Å². The predicted molar refractivity (Wildman–Crippen MR) is 99.2 cm³/mol. The quantitative estimate of drug-likeness (QED) is 0.733. The minimum absolute atomic E-state index is 0.00904. The summed E-state index contributed by atoms with van der Waals surface area (Å²) in [6.45, 7) is 3.65. The first kappa shape index (κ1) is 19.1. The lowest BCUT2D eigenvalue weighted by atomic mass is 10.1. The molecule has 0 saturated heterocycles. The van der Waals surface area contributed by atoms with Crippen LogP contribution in [0.2, 0.25) is 0 Å². The summed E-state index contributed by atoms with van der Waals surface area (Å²) in [7, 11) is -3.75. The monoisotopic (exact) mass is 388 g/mol. The van der Waals surface area contributed by atoms with Crippen molar-refractivity contribution in [1.82, 2.24) is 9.62 Å². The van der Waals surface area contributed by atoms with E-state index in [-0.39, 0.29) is 24.1 Å². The van der Waals surface area contributed by atoms with Gasteiger partial charge in [-0.05, 0) is 50.2 Å². The van der Waals surface area contributed by atoms with Crippen molar-refractivity contribution in [1.29, 1.82) is 0 Å². The van der Waals surface area contributed by atoms with Crippen molar-refractivity contribution in [3.8, 4) is 5.75 Å². The molecule has 0 unspecified atom stereocenters. The number of hydrogen-bond donors (Lipinski definition) is 1. The number of imide groups is 1. The zero-order chi connectivity index (χ0) is 19.6. The van der Waals surface area contributed by atoms with E-state index in [1.165, 1.54) is 12.1 Å². The Morgan fingerprint density at radius 1 is 0.963 bits per heavy atom. The summed E-state index contributed by atoms with van der Waals surface area (Å²) in [6, 6.07) is 12.6. The second-order valence-corrected chi connectivity index (χ2v) is 8.11. The van der Waals surface area contributed by atoms with Crippen molar-refractivity contribution in [2.24, 2.45) is 0 Å². The number of carbonyl (C=O) groups is 2. The lowest BCUT2D eigenvalue weighted by molar-refractivity contribution is 0.0657. The maximum atomic E-state index is 12.4. The topological polar surface area (TPSA) is 92.8 Å². The van der Waals surface area contributed by atoms with Gasteiger partial charge in [-0.15, -0.1) is 0 Å². The van der Waals surface area contributed by atoms with Gasteiger partial charge in [0, 0.05) is 13.1 Å². The molecular weight excluding hydrogens is 368 g/mol. The molecule has 2 amide bonds. The molecule has 0 atom stereocenters. The molecule has 7 nitrogen and oxygen atoms in total. The molecule has 0 bridgehead atoms. The Hall–Kier alpha value is -2.71. The van der Waals surface area contributed by atoms with Crippen LogP contribution < -0.4 is 9.46 Å². The molecule has 3 rings (SSSR count). The smallest absolute Gasteiger partial charge is 0.261 e. The number of benzene rings is 2. The lowest BCUT2D eigenvalue weighted by Gasteiger charge is -2.14. The highest BCUT2D eigenvalue weighted by Gasteiger charge is 2.34. The highest BCUT2D eigenvalue weighted by atomic mass is 32.2. The van der Waals surface area contributed by atoms with E-state index in [1.807, 2.05) is 13.8 Å². The van der Waals surface area contributed by atoms with Crippen LogP contribution in [0.5, 0.6) is 5.75 Å². The van der Waals surface area contributed by atoms with Gasteiger partial charge in [0.05, 0.1) is 22.1 Å². The van der Waals surface area contributed by atoms with Crippen molar-refractivity contribution in [2.75, 3.05) is 13.1 Å². The first-order valence-corrected chi connectivity index (χ1v) is 9.99. The third-order valence-corrected chi connectivity index (χ3v) is 5.49. The van der Waals surface area contributed by atoms with Crippen molar-refractivity contribution >= 4 is 21.8 Å². The maximum Gasteiger partial charge on any atom is 0.261 e. The zero-order valence-corrected chi connectivity index (χ0v) is 15.8. The highest BCUT2D eigenvalue weighted by Crippen LogP contribution is 2.22. The van der Waals surface area contributed by atoms with E-state index in [1.54, 1.807) is 36.4 Å². The molecule has 1 aliphatic heterocycles. The van der Waals surface area contributed by atoms with Gasteiger partial charge >= 0.3 is 0 Å². The van der Waals surface area contributed by atoms with E-state index in [4.69, 9.17) is 4.74 Å². The van der Waals surface area contributed by atoms with E-state index in [0.29, 0.717) is 16.9 Å². The SMILES string of the molecule is CC(C)Oc1ccc(S(=O)(=O)NCCN2C(=O)c3ccccc3C2=O)cc1. The predicted octanol–water partition coefficient (Wildman–Crippen LogP) is 2.05. The second kappa shape index (κ2) is 7.50. The number of ether oxygens (including phenoxy) is 1. The molecule has 27 heavy (non-hydrogen) atoms. The summed E-state index contributed by atoms with van der Waals surface area (Å²) in [4.78, 5) is 25.7. The fraction of sp³-hybridized carbons (Fsp3) is 0.263. The van der Waals surface area contributed by atoms with Crippen molar-refractivity contribution in [3.05, 3.63) is 59.7 Å². The first-order chi connectivity index (χ1) is 12.8. The van der Waals surface area contributed by atoms with E-state index in [2.05, 4.69) is 4.72 Å². The van der Waals surface area contributed by atoms with Crippen LogP contribution in [0.15, 0.2) is 53.4 Å². The average Bonchev–Trinajstić information content (AvgIpc) is 2.87. The molecule has 1 heterocycles. The molecule has 1 N–H and O–H groups in total. The van der Waals surface area contributed by atoms with E-state index >= 15 is 0 Å². The van der Waals surface area contributed by atoms with Gasteiger partial charge in [0.25, 0.3) is 11.8 Å². The van der Waals surface area contributed by atoms with Crippen LogP contribution in [-0.2, 0) is 10.0 Å². The van der Waals surface area contributed by atoms with Gasteiger partial charge < -0.3 is 4.74 Å².